The number of benzene rings is 3. The Bertz CT molecular complexity index is 1150. The van der Waals surface area contributed by atoms with E-state index in [1.54, 1.807) is 30.3 Å². The van der Waals surface area contributed by atoms with Gasteiger partial charge in [0, 0.05) is 5.56 Å². The first-order valence-corrected chi connectivity index (χ1v) is 13.3. The molecule has 1 aliphatic rings. The highest BCUT2D eigenvalue weighted by atomic mass is 19.4. The average molecular weight is 533 g/mol. The lowest BCUT2D eigenvalue weighted by atomic mass is 9.77. The summed E-state index contributed by atoms with van der Waals surface area (Å²) in [5.74, 6) is 0.705. The number of alkyl halides is 5. The molecule has 0 N–H and O–H groups in total. The van der Waals surface area contributed by atoms with Crippen LogP contribution in [0.3, 0.4) is 0 Å². The second-order valence-electron chi connectivity index (χ2n) is 10.0. The van der Waals surface area contributed by atoms with E-state index in [-0.39, 0.29) is 11.3 Å². The van der Waals surface area contributed by atoms with Crippen molar-refractivity contribution in [1.82, 2.24) is 0 Å². The molecule has 0 radical (unpaired) electrons. The van der Waals surface area contributed by atoms with Crippen molar-refractivity contribution in [3.05, 3.63) is 83.9 Å². The fourth-order valence-corrected chi connectivity index (χ4v) is 5.24. The van der Waals surface area contributed by atoms with Crippen molar-refractivity contribution in [1.29, 1.82) is 0 Å². The summed E-state index contributed by atoms with van der Waals surface area (Å²) < 4.78 is 76.8. The number of unbranched alkanes of at least 4 members (excludes halogenated alkanes) is 2. The van der Waals surface area contributed by atoms with Gasteiger partial charge < -0.3 is 9.47 Å². The summed E-state index contributed by atoms with van der Waals surface area (Å²) in [6.07, 6.45) is 1.24. The van der Waals surface area contributed by atoms with Crippen molar-refractivity contribution in [2.24, 2.45) is 5.92 Å². The Hall–Kier alpha value is -3.09. The molecule has 0 spiro atoms. The van der Waals surface area contributed by atoms with E-state index in [2.05, 4.69) is 11.7 Å². The largest absolute Gasteiger partial charge is 0.573 e. The molecule has 4 rings (SSSR count). The molecular weight excluding hydrogens is 499 g/mol. The van der Waals surface area contributed by atoms with Crippen LogP contribution in [0.1, 0.15) is 75.3 Å². The number of hydrogen-bond acceptors (Lipinski definition) is 2. The predicted octanol–water partition coefficient (Wildman–Crippen LogP) is 10.2. The molecule has 1 aliphatic carbocycles. The van der Waals surface area contributed by atoms with Crippen LogP contribution in [0, 0.1) is 5.92 Å². The molecule has 0 unspecified atom stereocenters. The van der Waals surface area contributed by atoms with Crippen molar-refractivity contribution in [2.45, 2.75) is 76.7 Å². The summed E-state index contributed by atoms with van der Waals surface area (Å²) in [5, 5.41) is 0. The number of rotatable bonds is 10. The van der Waals surface area contributed by atoms with E-state index in [9.17, 15) is 13.2 Å². The van der Waals surface area contributed by atoms with Crippen LogP contribution in [0.15, 0.2) is 72.8 Å². The number of hydrogen-bond donors (Lipinski definition) is 0. The Morgan fingerprint density at radius 2 is 1.39 bits per heavy atom. The smallest absolute Gasteiger partial charge is 0.428 e. The van der Waals surface area contributed by atoms with Crippen LogP contribution in [0.5, 0.6) is 11.5 Å². The Morgan fingerprint density at radius 1 is 0.737 bits per heavy atom. The van der Waals surface area contributed by atoms with Gasteiger partial charge in [-0.25, -0.2) is 0 Å². The first kappa shape index (κ1) is 27.9. The maximum atomic E-state index is 15.2. The van der Waals surface area contributed by atoms with Gasteiger partial charge in [0.15, 0.2) is 0 Å². The Balaban J connectivity index is 1.42. The SMILES string of the molecule is CCCCC[C@H]1CC[C@H](c2ccc(C(F)(F)Oc3ccccc3-c3ccc(OC(F)(F)F)cc3)cc2)CC1. The van der Waals surface area contributed by atoms with Crippen LogP contribution in [0.2, 0.25) is 0 Å². The summed E-state index contributed by atoms with van der Waals surface area (Å²) in [4.78, 5) is 0. The van der Waals surface area contributed by atoms with Gasteiger partial charge >= 0.3 is 12.5 Å². The molecule has 204 valence electrons. The number of ether oxygens (including phenoxy) is 2. The van der Waals surface area contributed by atoms with Gasteiger partial charge in [0.2, 0.25) is 0 Å². The summed E-state index contributed by atoms with van der Waals surface area (Å²) in [7, 11) is 0. The van der Waals surface area contributed by atoms with Gasteiger partial charge in [-0.2, -0.15) is 8.78 Å². The number of para-hydroxylation sites is 1. The van der Waals surface area contributed by atoms with Gasteiger partial charge in [0.25, 0.3) is 0 Å². The van der Waals surface area contributed by atoms with Crippen molar-refractivity contribution >= 4 is 0 Å². The lowest BCUT2D eigenvalue weighted by Crippen LogP contribution is -2.22. The van der Waals surface area contributed by atoms with Gasteiger partial charge in [0.1, 0.15) is 11.5 Å². The number of halogens is 5. The van der Waals surface area contributed by atoms with Crippen LogP contribution in [0.4, 0.5) is 22.0 Å². The zero-order chi connectivity index (χ0) is 27.2. The minimum absolute atomic E-state index is 0.0764. The van der Waals surface area contributed by atoms with Crippen molar-refractivity contribution in [3.63, 3.8) is 0 Å². The second kappa shape index (κ2) is 12.2. The van der Waals surface area contributed by atoms with E-state index in [0.717, 1.165) is 36.5 Å². The molecule has 0 bridgehead atoms. The van der Waals surface area contributed by atoms with Crippen molar-refractivity contribution < 1.29 is 31.4 Å². The summed E-state index contributed by atoms with van der Waals surface area (Å²) in [5.41, 5.74) is 1.58. The standard InChI is InChI=1S/C31H33F5O2/c1-2-3-4-7-22-10-12-23(13-11-22)24-14-18-26(19-15-24)30(32,33)38-29-9-6-5-8-28(29)25-16-20-27(21-17-25)37-31(34,35)36/h5-6,8-9,14-23H,2-4,7,10-13H2,1H3/t22-,23-. The second-order valence-corrected chi connectivity index (χ2v) is 10.0. The lowest BCUT2D eigenvalue weighted by molar-refractivity contribution is -0.274. The molecule has 1 saturated carbocycles. The van der Waals surface area contributed by atoms with E-state index in [0.29, 0.717) is 17.0 Å². The molecule has 0 aliphatic heterocycles. The zero-order valence-electron chi connectivity index (χ0n) is 21.4. The minimum Gasteiger partial charge on any atom is -0.428 e. The highest BCUT2D eigenvalue weighted by molar-refractivity contribution is 5.71. The van der Waals surface area contributed by atoms with Crippen LogP contribution in [0.25, 0.3) is 11.1 Å². The van der Waals surface area contributed by atoms with Crippen molar-refractivity contribution in [3.8, 4) is 22.6 Å². The molecule has 38 heavy (non-hydrogen) atoms. The lowest BCUT2D eigenvalue weighted by Gasteiger charge is -2.29. The molecular formula is C31H33F5O2. The van der Waals surface area contributed by atoms with Gasteiger partial charge in [-0.15, -0.1) is 13.2 Å². The van der Waals surface area contributed by atoms with Crippen molar-refractivity contribution in [2.75, 3.05) is 0 Å². The molecule has 0 heterocycles. The van der Waals surface area contributed by atoms with Gasteiger partial charge in [-0.05, 0) is 79.0 Å². The van der Waals surface area contributed by atoms with E-state index < -0.39 is 18.2 Å². The van der Waals surface area contributed by atoms with Gasteiger partial charge in [-0.1, -0.05) is 75.1 Å². The van der Waals surface area contributed by atoms with Gasteiger partial charge in [0.05, 0.1) is 5.56 Å². The fourth-order valence-electron chi connectivity index (χ4n) is 5.24. The maximum absolute atomic E-state index is 15.2. The third-order valence-corrected chi connectivity index (χ3v) is 7.30. The molecule has 0 amide bonds. The van der Waals surface area contributed by atoms with Crippen LogP contribution < -0.4 is 9.47 Å². The molecule has 3 aromatic rings. The molecule has 0 atom stereocenters. The zero-order valence-corrected chi connectivity index (χ0v) is 21.4. The highest BCUT2D eigenvalue weighted by Crippen LogP contribution is 2.41. The Kier molecular flexibility index (Phi) is 8.95. The third kappa shape index (κ3) is 7.49. The highest BCUT2D eigenvalue weighted by Gasteiger charge is 2.36. The molecule has 0 saturated heterocycles. The minimum atomic E-state index is -4.81. The quantitative estimate of drug-likeness (QED) is 0.191. The molecule has 1 fully saturated rings. The summed E-state index contributed by atoms with van der Waals surface area (Å²) in [6.45, 7) is 2.22. The van der Waals surface area contributed by atoms with E-state index in [1.807, 2.05) is 0 Å². The molecule has 3 aromatic carbocycles. The topological polar surface area (TPSA) is 18.5 Å². The Labute approximate surface area is 220 Å². The molecule has 2 nitrogen and oxygen atoms in total. The fraction of sp³-hybridized carbons (Fsp3) is 0.419. The monoisotopic (exact) mass is 532 g/mol. The van der Waals surface area contributed by atoms with Crippen LogP contribution in [-0.2, 0) is 6.11 Å². The maximum Gasteiger partial charge on any atom is 0.573 e. The summed E-state index contributed by atoms with van der Waals surface area (Å²) in [6, 6.07) is 17.6. The van der Waals surface area contributed by atoms with Crippen LogP contribution in [-0.4, -0.2) is 6.36 Å². The van der Waals surface area contributed by atoms with E-state index in [4.69, 9.17) is 4.74 Å². The first-order chi connectivity index (χ1) is 18.1. The van der Waals surface area contributed by atoms with E-state index in [1.165, 1.54) is 68.9 Å². The van der Waals surface area contributed by atoms with Crippen LogP contribution >= 0.6 is 0 Å². The molecule has 7 heteroatoms. The van der Waals surface area contributed by atoms with E-state index >= 15 is 8.78 Å². The molecule has 0 aromatic heterocycles. The average Bonchev–Trinajstić information content (AvgIpc) is 2.89. The predicted molar refractivity (Wildman–Crippen MR) is 138 cm³/mol. The van der Waals surface area contributed by atoms with Gasteiger partial charge in [-0.3, -0.25) is 0 Å². The third-order valence-electron chi connectivity index (χ3n) is 7.30. The Morgan fingerprint density at radius 3 is 2.03 bits per heavy atom. The first-order valence-electron chi connectivity index (χ1n) is 13.3. The summed E-state index contributed by atoms with van der Waals surface area (Å²) >= 11 is 0. The normalized spacial score (nSPS) is 18.3.